The molecule has 0 aromatic heterocycles. The van der Waals surface area contributed by atoms with Gasteiger partial charge < -0.3 is 4.74 Å². The molecule has 0 N–H and O–H groups in total. The van der Waals surface area contributed by atoms with E-state index in [1.807, 2.05) is 0 Å². The Bertz CT molecular complexity index is 337. The lowest BCUT2D eigenvalue weighted by Gasteiger charge is -2.20. The standard InChI is InChI=1S/C12H14O/c1-9(2)12-7-10-5-3-4-6-11(10)8-13-12/h3-7,9H,8H2,1-2H3. The summed E-state index contributed by atoms with van der Waals surface area (Å²) in [5.41, 5.74) is 2.59. The third-order valence-electron chi connectivity index (χ3n) is 2.32. The van der Waals surface area contributed by atoms with Gasteiger partial charge in [0, 0.05) is 5.92 Å². The number of hydrogen-bond acceptors (Lipinski definition) is 1. The minimum absolute atomic E-state index is 0.480. The summed E-state index contributed by atoms with van der Waals surface area (Å²) in [5.74, 6) is 1.58. The van der Waals surface area contributed by atoms with E-state index < -0.39 is 0 Å². The molecule has 1 aliphatic heterocycles. The van der Waals surface area contributed by atoms with Gasteiger partial charge in [0.05, 0.1) is 5.76 Å². The van der Waals surface area contributed by atoms with Gasteiger partial charge in [-0.2, -0.15) is 0 Å². The molecule has 0 bridgehead atoms. The van der Waals surface area contributed by atoms with Gasteiger partial charge in [-0.1, -0.05) is 38.1 Å². The maximum absolute atomic E-state index is 5.63. The van der Waals surface area contributed by atoms with Crippen LogP contribution >= 0.6 is 0 Å². The number of benzene rings is 1. The number of rotatable bonds is 1. The molecule has 0 atom stereocenters. The summed E-state index contributed by atoms with van der Waals surface area (Å²) in [6.07, 6.45) is 2.14. The Kier molecular flexibility index (Phi) is 2.09. The van der Waals surface area contributed by atoms with Crippen LogP contribution in [0.25, 0.3) is 6.08 Å². The van der Waals surface area contributed by atoms with Crippen LogP contribution in [0.1, 0.15) is 25.0 Å². The lowest BCUT2D eigenvalue weighted by atomic mass is 10.0. The normalized spacial score (nSPS) is 14.8. The van der Waals surface area contributed by atoms with Crippen molar-refractivity contribution in [2.45, 2.75) is 20.5 Å². The van der Waals surface area contributed by atoms with Crippen molar-refractivity contribution in [2.75, 3.05) is 0 Å². The Morgan fingerprint density at radius 1 is 1.23 bits per heavy atom. The summed E-state index contributed by atoms with van der Waals surface area (Å²) in [7, 11) is 0. The first-order valence-electron chi connectivity index (χ1n) is 4.69. The lowest BCUT2D eigenvalue weighted by molar-refractivity contribution is 0.171. The van der Waals surface area contributed by atoms with E-state index in [2.05, 4.69) is 44.2 Å². The van der Waals surface area contributed by atoms with E-state index >= 15 is 0 Å². The molecular weight excluding hydrogens is 160 g/mol. The smallest absolute Gasteiger partial charge is 0.113 e. The van der Waals surface area contributed by atoms with E-state index in [0.717, 1.165) is 12.4 Å². The Morgan fingerprint density at radius 3 is 2.77 bits per heavy atom. The van der Waals surface area contributed by atoms with Crippen molar-refractivity contribution < 1.29 is 4.74 Å². The Hall–Kier alpha value is -1.24. The van der Waals surface area contributed by atoms with E-state index in [0.29, 0.717) is 5.92 Å². The molecular formula is C12H14O. The second-order valence-electron chi connectivity index (χ2n) is 3.69. The molecule has 0 aliphatic carbocycles. The molecule has 0 unspecified atom stereocenters. The summed E-state index contributed by atoms with van der Waals surface area (Å²) in [4.78, 5) is 0. The van der Waals surface area contributed by atoms with Crippen LogP contribution in [-0.2, 0) is 11.3 Å². The van der Waals surface area contributed by atoms with Gasteiger partial charge in [0.15, 0.2) is 0 Å². The second-order valence-corrected chi connectivity index (χ2v) is 3.69. The minimum Gasteiger partial charge on any atom is -0.493 e. The van der Waals surface area contributed by atoms with Crippen LogP contribution in [0.2, 0.25) is 0 Å². The zero-order valence-corrected chi connectivity index (χ0v) is 8.08. The quantitative estimate of drug-likeness (QED) is 0.635. The molecule has 1 aromatic carbocycles. The highest BCUT2D eigenvalue weighted by Crippen LogP contribution is 2.25. The van der Waals surface area contributed by atoms with Gasteiger partial charge >= 0.3 is 0 Å². The maximum atomic E-state index is 5.63. The van der Waals surface area contributed by atoms with Gasteiger partial charge in [-0.25, -0.2) is 0 Å². The van der Waals surface area contributed by atoms with Crippen molar-refractivity contribution in [1.82, 2.24) is 0 Å². The lowest BCUT2D eigenvalue weighted by Crippen LogP contribution is -2.06. The van der Waals surface area contributed by atoms with Gasteiger partial charge in [0.1, 0.15) is 6.61 Å². The first-order valence-corrected chi connectivity index (χ1v) is 4.69. The van der Waals surface area contributed by atoms with Crippen molar-refractivity contribution in [3.8, 4) is 0 Å². The SMILES string of the molecule is CC(C)C1=Cc2ccccc2CO1. The van der Waals surface area contributed by atoms with E-state index in [1.54, 1.807) is 0 Å². The molecule has 0 amide bonds. The highest BCUT2D eigenvalue weighted by Gasteiger charge is 2.12. The van der Waals surface area contributed by atoms with Crippen LogP contribution in [0.5, 0.6) is 0 Å². The van der Waals surface area contributed by atoms with Crippen LogP contribution in [0.4, 0.5) is 0 Å². The van der Waals surface area contributed by atoms with Crippen LogP contribution in [0.3, 0.4) is 0 Å². The molecule has 0 saturated heterocycles. The Morgan fingerprint density at radius 2 is 2.00 bits per heavy atom. The highest BCUT2D eigenvalue weighted by atomic mass is 16.5. The number of hydrogen-bond donors (Lipinski definition) is 0. The average molecular weight is 174 g/mol. The molecule has 1 aliphatic rings. The van der Waals surface area contributed by atoms with Gasteiger partial charge in [0.2, 0.25) is 0 Å². The summed E-state index contributed by atoms with van der Waals surface area (Å²) >= 11 is 0. The third kappa shape index (κ3) is 1.59. The van der Waals surface area contributed by atoms with Crippen LogP contribution in [0.15, 0.2) is 30.0 Å². The fourth-order valence-corrected chi connectivity index (χ4v) is 1.50. The second kappa shape index (κ2) is 3.25. The topological polar surface area (TPSA) is 9.23 Å². The monoisotopic (exact) mass is 174 g/mol. The molecule has 13 heavy (non-hydrogen) atoms. The van der Waals surface area contributed by atoms with Gasteiger partial charge in [-0.3, -0.25) is 0 Å². The molecule has 0 saturated carbocycles. The van der Waals surface area contributed by atoms with Crippen molar-refractivity contribution in [1.29, 1.82) is 0 Å². The Balaban J connectivity index is 2.38. The molecule has 1 aromatic rings. The largest absolute Gasteiger partial charge is 0.493 e. The van der Waals surface area contributed by atoms with E-state index in [-0.39, 0.29) is 0 Å². The maximum Gasteiger partial charge on any atom is 0.113 e. The first-order chi connectivity index (χ1) is 6.27. The van der Waals surface area contributed by atoms with Crippen molar-refractivity contribution in [3.05, 3.63) is 41.2 Å². The summed E-state index contributed by atoms with van der Waals surface area (Å²) in [6.45, 7) is 5.03. The first kappa shape index (κ1) is 8.36. The van der Waals surface area contributed by atoms with Gasteiger partial charge in [-0.15, -0.1) is 0 Å². The molecule has 0 fully saturated rings. The highest BCUT2D eigenvalue weighted by molar-refractivity contribution is 5.57. The van der Waals surface area contributed by atoms with E-state index in [4.69, 9.17) is 4.74 Å². The number of allylic oxidation sites excluding steroid dienone is 1. The van der Waals surface area contributed by atoms with Crippen LogP contribution in [0, 0.1) is 5.92 Å². The fourth-order valence-electron chi connectivity index (χ4n) is 1.50. The fraction of sp³-hybridized carbons (Fsp3) is 0.333. The molecule has 2 rings (SSSR count). The van der Waals surface area contributed by atoms with Crippen LogP contribution < -0.4 is 0 Å². The van der Waals surface area contributed by atoms with Crippen molar-refractivity contribution in [2.24, 2.45) is 5.92 Å². The molecule has 68 valence electrons. The summed E-state index contributed by atoms with van der Waals surface area (Å²) in [6, 6.07) is 8.37. The zero-order chi connectivity index (χ0) is 9.26. The van der Waals surface area contributed by atoms with Gasteiger partial charge in [-0.05, 0) is 17.2 Å². The molecule has 1 heterocycles. The average Bonchev–Trinajstić information content (AvgIpc) is 2.17. The van der Waals surface area contributed by atoms with Crippen molar-refractivity contribution >= 4 is 6.08 Å². The van der Waals surface area contributed by atoms with E-state index in [9.17, 15) is 0 Å². The number of ether oxygens (including phenoxy) is 1. The Labute approximate surface area is 79.0 Å². The molecule has 0 radical (unpaired) electrons. The summed E-state index contributed by atoms with van der Waals surface area (Å²) in [5, 5.41) is 0. The van der Waals surface area contributed by atoms with Gasteiger partial charge in [0.25, 0.3) is 0 Å². The molecule has 1 heteroatoms. The predicted octanol–water partition coefficient (Wildman–Crippen LogP) is 3.21. The zero-order valence-electron chi connectivity index (χ0n) is 8.08. The molecule has 1 nitrogen and oxygen atoms in total. The molecule has 0 spiro atoms. The van der Waals surface area contributed by atoms with Crippen LogP contribution in [-0.4, -0.2) is 0 Å². The minimum atomic E-state index is 0.480. The number of fused-ring (bicyclic) bond motifs is 1. The van der Waals surface area contributed by atoms with Crippen molar-refractivity contribution in [3.63, 3.8) is 0 Å². The summed E-state index contributed by atoms with van der Waals surface area (Å²) < 4.78 is 5.63. The predicted molar refractivity (Wildman–Crippen MR) is 54.0 cm³/mol. The third-order valence-corrected chi connectivity index (χ3v) is 2.32. The van der Waals surface area contributed by atoms with E-state index in [1.165, 1.54) is 11.1 Å².